The lowest BCUT2D eigenvalue weighted by Crippen LogP contribution is -2.05. The number of carboxylic acid groups (broad SMARTS) is 1. The molecule has 0 radical (unpaired) electrons. The predicted molar refractivity (Wildman–Crippen MR) is 56.9 cm³/mol. The fourth-order valence-corrected chi connectivity index (χ4v) is 1.18. The summed E-state index contributed by atoms with van der Waals surface area (Å²) in [6, 6.07) is 7.52. The first-order chi connectivity index (χ1) is 7.22. The van der Waals surface area contributed by atoms with Crippen molar-refractivity contribution in [2.45, 2.75) is 12.8 Å². The Kier molecular flexibility index (Phi) is 4.63. The van der Waals surface area contributed by atoms with Gasteiger partial charge in [-0.05, 0) is 30.7 Å². The van der Waals surface area contributed by atoms with Gasteiger partial charge in [0, 0.05) is 0 Å². The van der Waals surface area contributed by atoms with E-state index < -0.39 is 5.97 Å². The molecule has 0 saturated carbocycles. The van der Waals surface area contributed by atoms with E-state index in [1.165, 1.54) is 0 Å². The number of benzene rings is 1. The molecule has 0 aliphatic heterocycles. The smallest absolute Gasteiger partial charge is 0.306 e. The van der Waals surface area contributed by atoms with Crippen molar-refractivity contribution >= 4 is 5.97 Å². The highest BCUT2D eigenvalue weighted by atomic mass is 16.5. The number of nitrogens with two attached hydrogens (primary N) is 1. The van der Waals surface area contributed by atoms with Crippen molar-refractivity contribution in [1.82, 2.24) is 0 Å². The maximum absolute atomic E-state index is 10.2. The summed E-state index contributed by atoms with van der Waals surface area (Å²) in [5, 5.41) is 8.41. The second-order valence-electron chi connectivity index (χ2n) is 3.17. The first kappa shape index (κ1) is 11.5. The van der Waals surface area contributed by atoms with Crippen molar-refractivity contribution in [3.05, 3.63) is 29.8 Å². The Bertz CT molecular complexity index is 308. The van der Waals surface area contributed by atoms with Gasteiger partial charge in [-0.1, -0.05) is 12.1 Å². The van der Waals surface area contributed by atoms with Crippen LogP contribution in [-0.2, 0) is 11.2 Å². The fraction of sp³-hybridized carbons (Fsp3) is 0.364. The Hall–Kier alpha value is -1.55. The van der Waals surface area contributed by atoms with Crippen molar-refractivity contribution in [3.63, 3.8) is 0 Å². The van der Waals surface area contributed by atoms with Gasteiger partial charge in [-0.2, -0.15) is 0 Å². The topological polar surface area (TPSA) is 72.5 Å². The molecule has 0 atom stereocenters. The molecule has 0 amide bonds. The summed E-state index contributed by atoms with van der Waals surface area (Å²) in [7, 11) is 0. The lowest BCUT2D eigenvalue weighted by atomic mass is 10.1. The predicted octanol–water partition coefficient (Wildman–Crippen LogP) is 1.04. The van der Waals surface area contributed by atoms with E-state index in [2.05, 4.69) is 0 Å². The van der Waals surface area contributed by atoms with E-state index in [1.54, 1.807) is 0 Å². The number of aliphatic carboxylic acids is 1. The van der Waals surface area contributed by atoms with Crippen molar-refractivity contribution in [1.29, 1.82) is 0 Å². The van der Waals surface area contributed by atoms with Crippen LogP contribution in [0.5, 0.6) is 5.75 Å². The molecule has 82 valence electrons. The molecule has 0 bridgehead atoms. The molecule has 0 aromatic heterocycles. The Balaban J connectivity index is 2.39. The maximum Gasteiger partial charge on any atom is 0.306 e. The Morgan fingerprint density at radius 2 is 2.00 bits per heavy atom. The highest BCUT2D eigenvalue weighted by Gasteiger charge is 1.98. The van der Waals surface area contributed by atoms with Crippen LogP contribution in [0.3, 0.4) is 0 Å². The largest absolute Gasteiger partial charge is 0.493 e. The normalized spacial score (nSPS) is 9.93. The standard InChI is InChI=1S/C11H15NO3/c12-7-5-9-1-3-10(4-2-9)15-8-6-11(13)14/h1-4H,5-8,12H2,(H,13,14). The molecule has 0 unspecified atom stereocenters. The molecule has 3 N–H and O–H groups in total. The first-order valence-corrected chi connectivity index (χ1v) is 4.86. The molecule has 4 nitrogen and oxygen atoms in total. The van der Waals surface area contributed by atoms with Crippen molar-refractivity contribution in [2.24, 2.45) is 5.73 Å². The summed E-state index contributed by atoms with van der Waals surface area (Å²) in [5.41, 5.74) is 6.57. The Labute approximate surface area is 88.7 Å². The highest BCUT2D eigenvalue weighted by molar-refractivity contribution is 5.66. The van der Waals surface area contributed by atoms with Gasteiger partial charge >= 0.3 is 5.97 Å². The van der Waals surface area contributed by atoms with Crippen molar-refractivity contribution < 1.29 is 14.6 Å². The quantitative estimate of drug-likeness (QED) is 0.734. The second kappa shape index (κ2) is 6.03. The van der Waals surface area contributed by atoms with Crippen LogP contribution in [0.2, 0.25) is 0 Å². The van der Waals surface area contributed by atoms with E-state index >= 15 is 0 Å². The molecule has 0 aliphatic rings. The van der Waals surface area contributed by atoms with E-state index in [-0.39, 0.29) is 13.0 Å². The number of rotatable bonds is 6. The number of hydrogen-bond donors (Lipinski definition) is 2. The second-order valence-corrected chi connectivity index (χ2v) is 3.17. The van der Waals surface area contributed by atoms with Crippen LogP contribution in [0, 0.1) is 0 Å². The minimum absolute atomic E-state index is 0.0184. The third-order valence-electron chi connectivity index (χ3n) is 1.94. The zero-order valence-electron chi connectivity index (χ0n) is 8.48. The monoisotopic (exact) mass is 209 g/mol. The van der Waals surface area contributed by atoms with Gasteiger partial charge < -0.3 is 15.6 Å². The van der Waals surface area contributed by atoms with Gasteiger partial charge in [0.1, 0.15) is 5.75 Å². The summed E-state index contributed by atoms with van der Waals surface area (Å²) in [6.45, 7) is 0.824. The zero-order valence-corrected chi connectivity index (χ0v) is 8.48. The van der Waals surface area contributed by atoms with Crippen LogP contribution in [-0.4, -0.2) is 24.2 Å². The van der Waals surface area contributed by atoms with Gasteiger partial charge in [0.2, 0.25) is 0 Å². The lowest BCUT2D eigenvalue weighted by molar-refractivity contribution is -0.137. The van der Waals surface area contributed by atoms with Crippen LogP contribution in [0.4, 0.5) is 0 Å². The molecule has 0 saturated heterocycles. The van der Waals surface area contributed by atoms with Crippen molar-refractivity contribution in [2.75, 3.05) is 13.2 Å². The minimum atomic E-state index is -0.852. The van der Waals surface area contributed by atoms with Gasteiger partial charge in [0.15, 0.2) is 0 Å². The van der Waals surface area contributed by atoms with Gasteiger partial charge in [-0.3, -0.25) is 4.79 Å². The summed E-state index contributed by atoms with van der Waals surface area (Å²) >= 11 is 0. The van der Waals surface area contributed by atoms with Gasteiger partial charge in [-0.25, -0.2) is 0 Å². The third kappa shape index (κ3) is 4.46. The van der Waals surface area contributed by atoms with Crippen LogP contribution in [0.15, 0.2) is 24.3 Å². The summed E-state index contributed by atoms with van der Waals surface area (Å²) < 4.78 is 5.24. The summed E-state index contributed by atoms with van der Waals surface area (Å²) in [5.74, 6) is -0.160. The maximum atomic E-state index is 10.2. The Morgan fingerprint density at radius 3 is 2.53 bits per heavy atom. The molecule has 1 aromatic carbocycles. The highest BCUT2D eigenvalue weighted by Crippen LogP contribution is 2.12. The number of carboxylic acids is 1. The van der Waals surface area contributed by atoms with Crippen LogP contribution in [0.1, 0.15) is 12.0 Å². The third-order valence-corrected chi connectivity index (χ3v) is 1.94. The van der Waals surface area contributed by atoms with E-state index in [9.17, 15) is 4.79 Å². The number of carbonyl (C=O) groups is 1. The van der Waals surface area contributed by atoms with Crippen LogP contribution < -0.4 is 10.5 Å². The Morgan fingerprint density at radius 1 is 1.33 bits per heavy atom. The number of ether oxygens (including phenoxy) is 1. The van der Waals surface area contributed by atoms with Gasteiger partial charge in [0.25, 0.3) is 0 Å². The first-order valence-electron chi connectivity index (χ1n) is 4.86. The minimum Gasteiger partial charge on any atom is -0.493 e. The van der Waals surface area contributed by atoms with E-state index in [0.29, 0.717) is 12.3 Å². The lowest BCUT2D eigenvalue weighted by Gasteiger charge is -2.05. The van der Waals surface area contributed by atoms with E-state index in [4.69, 9.17) is 15.6 Å². The van der Waals surface area contributed by atoms with Crippen molar-refractivity contribution in [3.8, 4) is 5.75 Å². The summed E-state index contributed by atoms with van der Waals surface area (Å²) in [4.78, 5) is 10.2. The fourth-order valence-electron chi connectivity index (χ4n) is 1.18. The molecule has 1 rings (SSSR count). The molecule has 0 fully saturated rings. The molecular weight excluding hydrogens is 194 g/mol. The average Bonchev–Trinajstić information content (AvgIpc) is 2.20. The average molecular weight is 209 g/mol. The van der Waals surface area contributed by atoms with Gasteiger partial charge in [0.05, 0.1) is 13.0 Å². The van der Waals surface area contributed by atoms with E-state index in [0.717, 1.165) is 12.0 Å². The van der Waals surface area contributed by atoms with Crippen LogP contribution >= 0.6 is 0 Å². The molecule has 0 aliphatic carbocycles. The SMILES string of the molecule is NCCc1ccc(OCCC(=O)O)cc1. The summed E-state index contributed by atoms with van der Waals surface area (Å²) in [6.07, 6.45) is 0.861. The molecule has 4 heteroatoms. The number of hydrogen-bond acceptors (Lipinski definition) is 3. The molecule has 0 heterocycles. The van der Waals surface area contributed by atoms with Crippen LogP contribution in [0.25, 0.3) is 0 Å². The molecular formula is C11H15NO3. The van der Waals surface area contributed by atoms with Gasteiger partial charge in [-0.15, -0.1) is 0 Å². The van der Waals surface area contributed by atoms with E-state index in [1.807, 2.05) is 24.3 Å². The zero-order chi connectivity index (χ0) is 11.1. The molecule has 0 spiro atoms. The molecule has 15 heavy (non-hydrogen) atoms. The molecule has 1 aromatic rings.